The number of aliphatic hydroxyl groups excluding tert-OH is 1. The minimum Gasteiger partial charge on any atom is -0.396 e. The van der Waals surface area contributed by atoms with Crippen LogP contribution in [0.3, 0.4) is 0 Å². The largest absolute Gasteiger partial charge is 0.396 e. The van der Waals surface area contributed by atoms with Gasteiger partial charge in [0.25, 0.3) is 11.6 Å². The zero-order valence-electron chi connectivity index (χ0n) is 24.8. The highest BCUT2D eigenvalue weighted by Gasteiger charge is 2.53. The number of non-ortho nitro benzene ring substituents is 1. The summed E-state index contributed by atoms with van der Waals surface area (Å²) in [7, 11) is 0. The van der Waals surface area contributed by atoms with Crippen molar-refractivity contribution >= 4 is 28.9 Å². The molecule has 2 aliphatic heterocycles. The molecule has 44 heavy (non-hydrogen) atoms. The number of fused-ring (bicyclic) bond motifs is 1. The molecule has 0 aliphatic carbocycles. The molecule has 0 radical (unpaired) electrons. The molecule has 12 heteroatoms. The van der Waals surface area contributed by atoms with Crippen molar-refractivity contribution in [1.29, 1.82) is 0 Å². The van der Waals surface area contributed by atoms with E-state index in [1.807, 2.05) is 35.2 Å². The van der Waals surface area contributed by atoms with Gasteiger partial charge in [0.2, 0.25) is 5.91 Å². The van der Waals surface area contributed by atoms with Gasteiger partial charge < -0.3 is 20.0 Å². The number of rotatable bonds is 11. The van der Waals surface area contributed by atoms with E-state index in [1.54, 1.807) is 23.9 Å². The second kappa shape index (κ2) is 13.5. The van der Waals surface area contributed by atoms with E-state index in [-0.39, 0.29) is 30.3 Å². The molecule has 0 unspecified atom stereocenters. The van der Waals surface area contributed by atoms with Crippen LogP contribution in [0.1, 0.15) is 62.3 Å². The number of nitrogens with zero attached hydrogens (tertiary/aromatic N) is 6. The molecule has 3 heterocycles. The number of aromatic nitrogens is 3. The summed E-state index contributed by atoms with van der Waals surface area (Å²) in [6.07, 6.45) is 10.9. The van der Waals surface area contributed by atoms with Gasteiger partial charge in [0.15, 0.2) is 5.60 Å². The molecule has 1 saturated heterocycles. The predicted molar refractivity (Wildman–Crippen MR) is 164 cm³/mol. The third kappa shape index (κ3) is 6.41. The smallest absolute Gasteiger partial charge is 0.269 e. The van der Waals surface area contributed by atoms with Gasteiger partial charge in [-0.05, 0) is 43.0 Å². The number of aliphatic hydroxyl groups is 2. The number of hydrogen-bond acceptors (Lipinski definition) is 8. The van der Waals surface area contributed by atoms with Crippen LogP contribution in [0.25, 0.3) is 0 Å². The number of carbonyl (C=O) groups excluding carboxylic acids is 2. The van der Waals surface area contributed by atoms with E-state index >= 15 is 0 Å². The molecule has 1 aromatic heterocycles. The fourth-order valence-electron chi connectivity index (χ4n) is 5.93. The highest BCUT2D eigenvalue weighted by molar-refractivity contribution is 6.07. The third-order valence-corrected chi connectivity index (χ3v) is 8.44. The Morgan fingerprint density at radius 3 is 2.64 bits per heavy atom. The van der Waals surface area contributed by atoms with E-state index in [9.17, 15) is 24.8 Å². The topological polar surface area (TPSA) is 155 Å². The number of nitro benzene ring substituents is 1. The van der Waals surface area contributed by atoms with Crippen LogP contribution in [0, 0.1) is 16.0 Å². The minimum absolute atomic E-state index is 0.00963. The lowest BCUT2D eigenvalue weighted by molar-refractivity contribution is -0.385. The lowest BCUT2D eigenvalue weighted by atomic mass is 9.82. The Morgan fingerprint density at radius 2 is 1.89 bits per heavy atom. The summed E-state index contributed by atoms with van der Waals surface area (Å²) in [5.74, 6) is -1.14. The van der Waals surface area contributed by atoms with Crippen molar-refractivity contribution in [3.05, 3.63) is 87.7 Å². The number of hydrogen-bond donors (Lipinski definition) is 2. The molecule has 2 aromatic carbocycles. The number of carbonyl (C=O) groups is 2. The third-order valence-electron chi connectivity index (χ3n) is 8.44. The SMILES string of the molecule is C[C@@H](/C=C/CCn1cc(CCO)nn1)[C@]1(O)C(=O)N(Cc2ccc(N3CCCCCCC3=O)cc2)c2ccc([N+](=O)[O-])cc21. The molecule has 5 rings (SSSR count). The fraction of sp³-hybridized carbons (Fsp3) is 0.438. The molecule has 2 aliphatic rings. The van der Waals surface area contributed by atoms with Gasteiger partial charge in [0, 0.05) is 68.0 Å². The maximum Gasteiger partial charge on any atom is 0.269 e. The normalized spacial score (nSPS) is 19.7. The second-order valence-corrected chi connectivity index (χ2v) is 11.4. The summed E-state index contributed by atoms with van der Waals surface area (Å²) < 4.78 is 1.66. The predicted octanol–water partition coefficient (Wildman–Crippen LogP) is 4.04. The van der Waals surface area contributed by atoms with Crippen LogP contribution in [0.4, 0.5) is 17.1 Å². The van der Waals surface area contributed by atoms with Crippen LogP contribution in [-0.2, 0) is 34.7 Å². The van der Waals surface area contributed by atoms with E-state index in [1.165, 1.54) is 23.1 Å². The molecule has 3 aromatic rings. The first-order valence-electron chi connectivity index (χ1n) is 15.1. The average Bonchev–Trinajstić information content (AvgIpc) is 3.54. The summed E-state index contributed by atoms with van der Waals surface area (Å²) in [5.41, 5.74) is 0.708. The summed E-state index contributed by atoms with van der Waals surface area (Å²) >= 11 is 0. The molecular formula is C32H38N6O6. The highest BCUT2D eigenvalue weighted by atomic mass is 16.6. The molecule has 2 atom stereocenters. The molecular weight excluding hydrogens is 564 g/mol. The number of allylic oxidation sites excluding steroid dienone is 1. The Hall–Kier alpha value is -4.42. The van der Waals surface area contributed by atoms with Gasteiger partial charge in [-0.2, -0.15) is 0 Å². The fourth-order valence-corrected chi connectivity index (χ4v) is 5.93. The van der Waals surface area contributed by atoms with E-state index in [0.717, 1.165) is 36.9 Å². The zero-order valence-corrected chi connectivity index (χ0v) is 24.8. The Balaban J connectivity index is 1.34. The monoisotopic (exact) mass is 602 g/mol. The average molecular weight is 603 g/mol. The maximum atomic E-state index is 13.9. The number of benzene rings is 2. The lowest BCUT2D eigenvalue weighted by Crippen LogP contribution is -2.44. The summed E-state index contributed by atoms with van der Waals surface area (Å²) in [6, 6.07) is 11.6. The van der Waals surface area contributed by atoms with Crippen molar-refractivity contribution in [1.82, 2.24) is 15.0 Å². The van der Waals surface area contributed by atoms with Gasteiger partial charge in [-0.15, -0.1) is 5.10 Å². The number of amides is 2. The summed E-state index contributed by atoms with van der Waals surface area (Å²) in [6.45, 7) is 3.05. The van der Waals surface area contributed by atoms with Crippen molar-refractivity contribution in [3.63, 3.8) is 0 Å². The number of nitro groups is 1. The standard InChI is InChI=1S/C32H38N6O6/c1-23(8-5-7-17-35-22-25(16-19-39)33-34-35)32(42)28-20-27(38(43)44)14-15-29(28)37(31(32)41)21-24-10-12-26(13-11-24)36-18-6-3-2-4-9-30(36)40/h5,8,10-15,20,22-23,39,42H,2-4,6-7,9,16-19,21H2,1H3/b8-5+/t23-,32+/m0/s1. The Labute approximate surface area is 255 Å². The minimum atomic E-state index is -2.00. The van der Waals surface area contributed by atoms with E-state index < -0.39 is 22.3 Å². The summed E-state index contributed by atoms with van der Waals surface area (Å²) in [5, 5.41) is 40.6. The Bertz CT molecular complexity index is 1540. The van der Waals surface area contributed by atoms with E-state index in [4.69, 9.17) is 5.11 Å². The van der Waals surface area contributed by atoms with Crippen molar-refractivity contribution < 1.29 is 24.7 Å². The van der Waals surface area contributed by atoms with Crippen molar-refractivity contribution in [2.24, 2.45) is 5.92 Å². The highest BCUT2D eigenvalue weighted by Crippen LogP contribution is 2.47. The quantitative estimate of drug-likeness (QED) is 0.189. The molecule has 1 fully saturated rings. The van der Waals surface area contributed by atoms with Gasteiger partial charge in [-0.3, -0.25) is 24.4 Å². The van der Waals surface area contributed by atoms with Crippen molar-refractivity contribution in [2.75, 3.05) is 23.0 Å². The van der Waals surface area contributed by atoms with Crippen LogP contribution in [0.15, 0.2) is 60.8 Å². The van der Waals surface area contributed by atoms with Gasteiger partial charge >= 0.3 is 0 Å². The van der Waals surface area contributed by atoms with E-state index in [2.05, 4.69) is 10.3 Å². The zero-order chi connectivity index (χ0) is 31.3. The molecule has 0 spiro atoms. The van der Waals surface area contributed by atoms with Crippen LogP contribution < -0.4 is 9.80 Å². The van der Waals surface area contributed by atoms with Crippen molar-refractivity contribution in [3.8, 4) is 0 Å². The molecule has 12 nitrogen and oxygen atoms in total. The molecule has 0 saturated carbocycles. The van der Waals surface area contributed by atoms with Crippen LogP contribution >= 0.6 is 0 Å². The molecule has 232 valence electrons. The lowest BCUT2D eigenvalue weighted by Gasteiger charge is -2.28. The Morgan fingerprint density at radius 1 is 1.11 bits per heavy atom. The Kier molecular flexibility index (Phi) is 9.50. The van der Waals surface area contributed by atoms with Gasteiger partial charge in [-0.25, -0.2) is 0 Å². The summed E-state index contributed by atoms with van der Waals surface area (Å²) in [4.78, 5) is 41.0. The number of anilines is 2. The first-order valence-corrected chi connectivity index (χ1v) is 15.1. The molecule has 2 amide bonds. The van der Waals surface area contributed by atoms with Crippen molar-refractivity contribution in [2.45, 2.75) is 70.6 Å². The van der Waals surface area contributed by atoms with Crippen LogP contribution in [0.5, 0.6) is 0 Å². The van der Waals surface area contributed by atoms with Gasteiger partial charge in [0.05, 0.1) is 22.8 Å². The first-order chi connectivity index (χ1) is 21.2. The first kappa shape index (κ1) is 31.0. The second-order valence-electron chi connectivity index (χ2n) is 11.4. The van der Waals surface area contributed by atoms with E-state index in [0.29, 0.717) is 43.7 Å². The van der Waals surface area contributed by atoms with Crippen LogP contribution in [-0.4, -0.2) is 55.1 Å². The van der Waals surface area contributed by atoms with Gasteiger partial charge in [-0.1, -0.05) is 49.3 Å². The molecule has 0 bridgehead atoms. The number of aryl methyl sites for hydroxylation is 1. The maximum absolute atomic E-state index is 13.9. The van der Waals surface area contributed by atoms with Crippen LogP contribution in [0.2, 0.25) is 0 Å². The molecule has 2 N–H and O–H groups in total. The van der Waals surface area contributed by atoms with Gasteiger partial charge in [0.1, 0.15) is 0 Å².